The summed E-state index contributed by atoms with van der Waals surface area (Å²) in [6.07, 6.45) is 3.55. The molecule has 1 atom stereocenters. The summed E-state index contributed by atoms with van der Waals surface area (Å²) in [6.45, 7) is 2.11. The Balaban J connectivity index is 2.67. The molecule has 1 unspecified atom stereocenters. The molecule has 4 nitrogen and oxygen atoms in total. The maximum absolute atomic E-state index is 8.60. The summed E-state index contributed by atoms with van der Waals surface area (Å²) in [5, 5.41) is 23.4. The molecule has 0 saturated heterocycles. The van der Waals surface area contributed by atoms with Gasteiger partial charge in [-0.25, -0.2) is 0 Å². The molecule has 2 N–H and O–H groups in total. The summed E-state index contributed by atoms with van der Waals surface area (Å²) in [7, 11) is 0. The molecule has 0 radical (unpaired) electrons. The molecule has 0 aromatic carbocycles. The van der Waals surface area contributed by atoms with E-state index in [0.717, 1.165) is 19.3 Å². The maximum Gasteiger partial charge on any atom is 0.105 e. The molecule has 68 valence electrons. The van der Waals surface area contributed by atoms with E-state index in [0.29, 0.717) is 23.8 Å². The first-order valence-corrected chi connectivity index (χ1v) is 4.24. The zero-order valence-corrected chi connectivity index (χ0v) is 7.19. The Hall–Kier alpha value is -1.06. The van der Waals surface area contributed by atoms with E-state index in [2.05, 4.69) is 17.2 Å². The predicted octanol–water partition coefficient (Wildman–Crippen LogP) is 1.86. The van der Waals surface area contributed by atoms with Crippen LogP contribution in [-0.4, -0.2) is 21.8 Å². The van der Waals surface area contributed by atoms with Crippen molar-refractivity contribution in [1.29, 1.82) is 0 Å². The van der Waals surface area contributed by atoms with Crippen LogP contribution in [0.15, 0.2) is 10.3 Å². The van der Waals surface area contributed by atoms with Gasteiger partial charge in [-0.15, -0.1) is 0 Å². The van der Waals surface area contributed by atoms with Crippen molar-refractivity contribution in [3.05, 3.63) is 0 Å². The van der Waals surface area contributed by atoms with Gasteiger partial charge in [0.25, 0.3) is 0 Å². The van der Waals surface area contributed by atoms with Gasteiger partial charge in [0.15, 0.2) is 0 Å². The molecule has 0 bridgehead atoms. The molecule has 12 heavy (non-hydrogen) atoms. The van der Waals surface area contributed by atoms with Crippen LogP contribution in [0.3, 0.4) is 0 Å². The fourth-order valence-electron chi connectivity index (χ4n) is 1.53. The Bertz CT molecular complexity index is 211. The van der Waals surface area contributed by atoms with Crippen LogP contribution in [0.5, 0.6) is 0 Å². The predicted molar refractivity (Wildman–Crippen MR) is 46.1 cm³/mol. The fraction of sp³-hybridized carbons (Fsp3) is 0.750. The lowest BCUT2D eigenvalue weighted by molar-refractivity contribution is 0.307. The minimum absolute atomic E-state index is 0.530. The van der Waals surface area contributed by atoms with Gasteiger partial charge in [0, 0.05) is 0 Å². The van der Waals surface area contributed by atoms with Gasteiger partial charge < -0.3 is 10.4 Å². The van der Waals surface area contributed by atoms with Crippen molar-refractivity contribution < 1.29 is 10.4 Å². The molecule has 0 amide bonds. The Morgan fingerprint density at radius 3 is 2.50 bits per heavy atom. The van der Waals surface area contributed by atoms with Crippen molar-refractivity contribution in [3.63, 3.8) is 0 Å². The second-order valence-corrected chi connectivity index (χ2v) is 3.11. The first-order chi connectivity index (χ1) is 5.81. The number of rotatable bonds is 1. The van der Waals surface area contributed by atoms with Crippen LogP contribution < -0.4 is 0 Å². The lowest BCUT2D eigenvalue weighted by Gasteiger charge is -2.21. The van der Waals surface area contributed by atoms with Crippen LogP contribution in [-0.2, 0) is 0 Å². The minimum Gasteiger partial charge on any atom is -0.411 e. The lowest BCUT2D eigenvalue weighted by atomic mass is 9.85. The van der Waals surface area contributed by atoms with Gasteiger partial charge in [-0.05, 0) is 25.2 Å². The van der Waals surface area contributed by atoms with Gasteiger partial charge in [-0.3, -0.25) is 0 Å². The average molecular weight is 170 g/mol. The van der Waals surface area contributed by atoms with E-state index < -0.39 is 0 Å². The second kappa shape index (κ2) is 4.09. The average Bonchev–Trinajstić information content (AvgIpc) is 2.16. The van der Waals surface area contributed by atoms with E-state index in [1.54, 1.807) is 0 Å². The number of nitrogens with zero attached hydrogens (tertiary/aromatic N) is 2. The maximum atomic E-state index is 8.60. The van der Waals surface area contributed by atoms with Crippen molar-refractivity contribution in [2.75, 3.05) is 0 Å². The summed E-state index contributed by atoms with van der Waals surface area (Å²) in [5.41, 5.74) is 1.07. The van der Waals surface area contributed by atoms with Crippen molar-refractivity contribution in [1.82, 2.24) is 0 Å². The van der Waals surface area contributed by atoms with Crippen molar-refractivity contribution >= 4 is 11.4 Å². The van der Waals surface area contributed by atoms with E-state index in [9.17, 15) is 0 Å². The summed E-state index contributed by atoms with van der Waals surface area (Å²) >= 11 is 0. The fourth-order valence-corrected chi connectivity index (χ4v) is 1.53. The number of hydrogen-bond donors (Lipinski definition) is 2. The standard InChI is InChI=1S/C8H14N2O2/c1-2-6-3-4-7(9-11)8(5-6)10-12/h6,11-12H,2-5H2,1H3/b9-7-,10-8+. The molecule has 0 aromatic rings. The topological polar surface area (TPSA) is 65.2 Å². The smallest absolute Gasteiger partial charge is 0.105 e. The van der Waals surface area contributed by atoms with Gasteiger partial charge in [0.2, 0.25) is 0 Å². The van der Waals surface area contributed by atoms with Crippen LogP contribution in [0.1, 0.15) is 32.6 Å². The third-order valence-corrected chi connectivity index (χ3v) is 2.42. The van der Waals surface area contributed by atoms with Gasteiger partial charge in [-0.1, -0.05) is 23.7 Å². The SMILES string of the molecule is CCC1CCC(=N/O)/C(=N/O)C1. The highest BCUT2D eigenvalue weighted by Crippen LogP contribution is 2.23. The van der Waals surface area contributed by atoms with Crippen LogP contribution in [0, 0.1) is 5.92 Å². The molecule has 0 aliphatic heterocycles. The summed E-state index contributed by atoms with van der Waals surface area (Å²) in [4.78, 5) is 0. The highest BCUT2D eigenvalue weighted by molar-refractivity contribution is 6.42. The molecule has 1 aliphatic rings. The molecule has 4 heteroatoms. The third-order valence-electron chi connectivity index (χ3n) is 2.42. The molecule has 0 aromatic heterocycles. The molecule has 1 fully saturated rings. The summed E-state index contributed by atoms with van der Waals surface area (Å²) < 4.78 is 0. The Labute approximate surface area is 71.6 Å². The van der Waals surface area contributed by atoms with Crippen molar-refractivity contribution in [2.45, 2.75) is 32.6 Å². The molecule has 1 aliphatic carbocycles. The molecule has 1 rings (SSSR count). The quantitative estimate of drug-likeness (QED) is 0.466. The lowest BCUT2D eigenvalue weighted by Crippen LogP contribution is -2.25. The summed E-state index contributed by atoms with van der Waals surface area (Å²) in [5.74, 6) is 0.571. The minimum atomic E-state index is 0.530. The van der Waals surface area contributed by atoms with Gasteiger partial charge in [-0.2, -0.15) is 0 Å². The normalized spacial score (nSPS) is 31.2. The molecular weight excluding hydrogens is 156 g/mol. The molecule has 1 saturated carbocycles. The monoisotopic (exact) mass is 170 g/mol. The van der Waals surface area contributed by atoms with E-state index in [1.165, 1.54) is 0 Å². The van der Waals surface area contributed by atoms with Crippen molar-refractivity contribution in [2.24, 2.45) is 16.2 Å². The Morgan fingerprint density at radius 1 is 1.33 bits per heavy atom. The van der Waals surface area contributed by atoms with E-state index >= 15 is 0 Å². The third kappa shape index (κ3) is 1.75. The van der Waals surface area contributed by atoms with Crippen LogP contribution in [0.2, 0.25) is 0 Å². The van der Waals surface area contributed by atoms with Crippen LogP contribution in [0.25, 0.3) is 0 Å². The highest BCUT2D eigenvalue weighted by atomic mass is 16.4. The van der Waals surface area contributed by atoms with E-state index in [1.807, 2.05) is 0 Å². The summed E-state index contributed by atoms with van der Waals surface area (Å²) in [6, 6.07) is 0. The number of hydrogen-bond acceptors (Lipinski definition) is 4. The highest BCUT2D eigenvalue weighted by Gasteiger charge is 2.22. The largest absolute Gasteiger partial charge is 0.411 e. The van der Waals surface area contributed by atoms with Crippen LogP contribution in [0.4, 0.5) is 0 Å². The van der Waals surface area contributed by atoms with Gasteiger partial charge in [0.1, 0.15) is 11.4 Å². The first-order valence-electron chi connectivity index (χ1n) is 4.24. The van der Waals surface area contributed by atoms with E-state index in [4.69, 9.17) is 10.4 Å². The molecular formula is C8H14N2O2. The van der Waals surface area contributed by atoms with Crippen LogP contribution >= 0.6 is 0 Å². The zero-order chi connectivity index (χ0) is 8.97. The second-order valence-electron chi connectivity index (χ2n) is 3.11. The van der Waals surface area contributed by atoms with Crippen molar-refractivity contribution in [3.8, 4) is 0 Å². The van der Waals surface area contributed by atoms with Gasteiger partial charge >= 0.3 is 0 Å². The van der Waals surface area contributed by atoms with E-state index in [-0.39, 0.29) is 0 Å². The molecule has 0 heterocycles. The Morgan fingerprint density at radius 2 is 2.00 bits per heavy atom. The van der Waals surface area contributed by atoms with Gasteiger partial charge in [0.05, 0.1) is 0 Å². The first kappa shape index (κ1) is 9.03. The number of oxime groups is 2. The molecule has 0 spiro atoms. The zero-order valence-electron chi connectivity index (χ0n) is 7.19. The Kier molecular flexibility index (Phi) is 3.08.